The van der Waals surface area contributed by atoms with Crippen LogP contribution in [0.2, 0.25) is 0 Å². The standard InChI is InChI=1S/C14H9F3N2O3S/c15-14(16,17)9-1-3-10(4-2-9)19-23(20,21)11-5-6-12-13(7-11)22-8-18-12/h1-8,19H. The quantitative estimate of drug-likeness (QED) is 0.789. The lowest BCUT2D eigenvalue weighted by atomic mass is 10.2. The number of oxazole rings is 1. The van der Waals surface area contributed by atoms with E-state index in [-0.39, 0.29) is 10.6 Å². The minimum absolute atomic E-state index is 0.0238. The minimum atomic E-state index is -4.48. The third-order valence-electron chi connectivity index (χ3n) is 3.08. The fourth-order valence-corrected chi connectivity index (χ4v) is 3.02. The first-order valence-electron chi connectivity index (χ1n) is 6.29. The van der Waals surface area contributed by atoms with Crippen LogP contribution < -0.4 is 4.72 Å². The smallest absolute Gasteiger partial charge is 0.416 e. The van der Waals surface area contributed by atoms with Crippen molar-refractivity contribution in [1.29, 1.82) is 0 Å². The second-order valence-corrected chi connectivity index (χ2v) is 6.34. The van der Waals surface area contributed by atoms with Crippen LogP contribution in [0, 0.1) is 0 Å². The number of sulfonamides is 1. The molecule has 23 heavy (non-hydrogen) atoms. The zero-order valence-corrected chi connectivity index (χ0v) is 12.1. The summed E-state index contributed by atoms with van der Waals surface area (Å²) in [6.07, 6.45) is -3.29. The van der Waals surface area contributed by atoms with E-state index in [0.29, 0.717) is 11.1 Å². The Kier molecular flexibility index (Phi) is 3.52. The van der Waals surface area contributed by atoms with Crippen LogP contribution in [0.4, 0.5) is 18.9 Å². The van der Waals surface area contributed by atoms with Gasteiger partial charge in [0.1, 0.15) is 5.52 Å². The number of halogens is 3. The molecule has 0 saturated heterocycles. The molecule has 3 aromatic rings. The van der Waals surface area contributed by atoms with Crippen molar-refractivity contribution in [3.8, 4) is 0 Å². The summed E-state index contributed by atoms with van der Waals surface area (Å²) in [5.74, 6) is 0. The van der Waals surface area contributed by atoms with Gasteiger partial charge in [-0.25, -0.2) is 13.4 Å². The highest BCUT2D eigenvalue weighted by Crippen LogP contribution is 2.30. The summed E-state index contributed by atoms with van der Waals surface area (Å²) < 4.78 is 69.2. The maximum atomic E-state index is 12.5. The summed E-state index contributed by atoms with van der Waals surface area (Å²) in [4.78, 5) is 3.79. The fraction of sp³-hybridized carbons (Fsp3) is 0.0714. The van der Waals surface area contributed by atoms with Gasteiger partial charge in [-0.1, -0.05) is 0 Å². The van der Waals surface area contributed by atoms with E-state index in [9.17, 15) is 21.6 Å². The normalized spacial score (nSPS) is 12.5. The van der Waals surface area contributed by atoms with E-state index in [4.69, 9.17) is 4.42 Å². The number of aromatic nitrogens is 1. The molecule has 0 radical (unpaired) electrons. The van der Waals surface area contributed by atoms with Gasteiger partial charge in [0.15, 0.2) is 12.0 Å². The molecule has 0 aliphatic carbocycles. The molecule has 9 heteroatoms. The van der Waals surface area contributed by atoms with Gasteiger partial charge in [-0.2, -0.15) is 13.2 Å². The number of nitrogens with zero attached hydrogens (tertiary/aromatic N) is 1. The van der Waals surface area contributed by atoms with Gasteiger partial charge in [0.25, 0.3) is 10.0 Å². The van der Waals surface area contributed by atoms with Gasteiger partial charge in [0, 0.05) is 11.8 Å². The van der Waals surface area contributed by atoms with Crippen LogP contribution in [-0.2, 0) is 16.2 Å². The summed E-state index contributed by atoms with van der Waals surface area (Å²) in [5.41, 5.74) is -0.0435. The van der Waals surface area contributed by atoms with Gasteiger partial charge in [-0.15, -0.1) is 0 Å². The van der Waals surface area contributed by atoms with Crippen LogP contribution in [0.25, 0.3) is 11.1 Å². The van der Waals surface area contributed by atoms with E-state index in [0.717, 1.165) is 24.3 Å². The Morgan fingerprint density at radius 2 is 1.74 bits per heavy atom. The average molecular weight is 342 g/mol. The van der Waals surface area contributed by atoms with Crippen LogP contribution in [0.15, 0.2) is 58.2 Å². The number of fused-ring (bicyclic) bond motifs is 1. The number of anilines is 1. The maximum absolute atomic E-state index is 12.5. The molecule has 0 amide bonds. The Morgan fingerprint density at radius 3 is 2.39 bits per heavy atom. The molecule has 1 N–H and O–H groups in total. The van der Waals surface area contributed by atoms with Crippen molar-refractivity contribution in [3.05, 3.63) is 54.4 Å². The Morgan fingerprint density at radius 1 is 1.04 bits per heavy atom. The molecule has 0 saturated carbocycles. The summed E-state index contributed by atoms with van der Waals surface area (Å²) in [6.45, 7) is 0. The van der Waals surface area contributed by atoms with E-state index < -0.39 is 21.8 Å². The Hall–Kier alpha value is -2.55. The molecule has 0 unspecified atom stereocenters. The lowest BCUT2D eigenvalue weighted by Crippen LogP contribution is -2.13. The zero-order valence-electron chi connectivity index (χ0n) is 11.3. The number of alkyl halides is 3. The van der Waals surface area contributed by atoms with E-state index in [1.807, 2.05) is 0 Å². The van der Waals surface area contributed by atoms with Crippen LogP contribution in [0.5, 0.6) is 0 Å². The van der Waals surface area contributed by atoms with Crippen molar-refractivity contribution in [2.45, 2.75) is 11.1 Å². The largest absolute Gasteiger partial charge is 0.443 e. The third-order valence-corrected chi connectivity index (χ3v) is 4.46. The predicted molar refractivity (Wildman–Crippen MR) is 76.3 cm³/mol. The average Bonchev–Trinajstić information content (AvgIpc) is 2.93. The molecule has 3 rings (SSSR count). The molecule has 0 atom stereocenters. The highest BCUT2D eigenvalue weighted by Gasteiger charge is 2.30. The van der Waals surface area contributed by atoms with Crippen molar-refractivity contribution < 1.29 is 26.0 Å². The minimum Gasteiger partial charge on any atom is -0.443 e. The molecule has 0 bridgehead atoms. The van der Waals surface area contributed by atoms with E-state index in [1.165, 1.54) is 24.6 Å². The molecule has 2 aromatic carbocycles. The second-order valence-electron chi connectivity index (χ2n) is 4.66. The molecular weight excluding hydrogens is 333 g/mol. The van der Waals surface area contributed by atoms with Crippen molar-refractivity contribution >= 4 is 26.8 Å². The topological polar surface area (TPSA) is 72.2 Å². The van der Waals surface area contributed by atoms with E-state index >= 15 is 0 Å². The molecular formula is C14H9F3N2O3S. The molecule has 0 aliphatic rings. The molecule has 1 aromatic heterocycles. The van der Waals surface area contributed by atoms with Gasteiger partial charge < -0.3 is 4.42 Å². The first-order valence-corrected chi connectivity index (χ1v) is 7.77. The molecule has 5 nitrogen and oxygen atoms in total. The van der Waals surface area contributed by atoms with Crippen molar-refractivity contribution in [2.75, 3.05) is 4.72 Å². The summed E-state index contributed by atoms with van der Waals surface area (Å²) in [6, 6.07) is 7.79. The van der Waals surface area contributed by atoms with Gasteiger partial charge in [-0.05, 0) is 36.4 Å². The van der Waals surface area contributed by atoms with Crippen LogP contribution in [0.1, 0.15) is 5.56 Å². The van der Waals surface area contributed by atoms with Gasteiger partial charge >= 0.3 is 6.18 Å². The van der Waals surface area contributed by atoms with E-state index in [1.54, 1.807) is 0 Å². The van der Waals surface area contributed by atoms with Crippen molar-refractivity contribution in [3.63, 3.8) is 0 Å². The second kappa shape index (κ2) is 5.27. The van der Waals surface area contributed by atoms with Gasteiger partial charge in [-0.3, -0.25) is 4.72 Å². The first-order chi connectivity index (χ1) is 10.8. The van der Waals surface area contributed by atoms with Crippen LogP contribution >= 0.6 is 0 Å². The van der Waals surface area contributed by atoms with Crippen LogP contribution in [-0.4, -0.2) is 13.4 Å². The zero-order chi connectivity index (χ0) is 16.7. The van der Waals surface area contributed by atoms with Gasteiger partial charge in [0.05, 0.1) is 10.5 Å². The monoisotopic (exact) mass is 342 g/mol. The fourth-order valence-electron chi connectivity index (χ4n) is 1.94. The summed E-state index contributed by atoms with van der Waals surface area (Å²) in [5, 5.41) is 0. The first kappa shape index (κ1) is 15.3. The Bertz CT molecular complexity index is 947. The van der Waals surface area contributed by atoms with Crippen molar-refractivity contribution in [2.24, 2.45) is 0 Å². The molecule has 0 spiro atoms. The highest BCUT2D eigenvalue weighted by atomic mass is 32.2. The maximum Gasteiger partial charge on any atom is 0.416 e. The highest BCUT2D eigenvalue weighted by molar-refractivity contribution is 7.92. The Labute approximate surface area is 128 Å². The lowest BCUT2D eigenvalue weighted by Gasteiger charge is -2.10. The third kappa shape index (κ3) is 3.14. The number of hydrogen-bond acceptors (Lipinski definition) is 4. The Balaban J connectivity index is 1.88. The van der Waals surface area contributed by atoms with Gasteiger partial charge in [0.2, 0.25) is 0 Å². The predicted octanol–water partition coefficient (Wildman–Crippen LogP) is 3.65. The number of hydrogen-bond donors (Lipinski definition) is 1. The number of benzene rings is 2. The molecule has 0 aliphatic heterocycles. The molecule has 120 valence electrons. The number of nitrogens with one attached hydrogen (secondary N) is 1. The number of rotatable bonds is 3. The summed E-state index contributed by atoms with van der Waals surface area (Å²) >= 11 is 0. The van der Waals surface area contributed by atoms with Crippen LogP contribution in [0.3, 0.4) is 0 Å². The summed E-state index contributed by atoms with van der Waals surface area (Å²) in [7, 11) is -3.95. The van der Waals surface area contributed by atoms with Crippen molar-refractivity contribution in [1.82, 2.24) is 4.98 Å². The van der Waals surface area contributed by atoms with E-state index in [2.05, 4.69) is 9.71 Å². The lowest BCUT2D eigenvalue weighted by molar-refractivity contribution is -0.137. The molecule has 0 fully saturated rings. The molecule has 1 heterocycles. The SMILES string of the molecule is O=S(=O)(Nc1ccc(C(F)(F)F)cc1)c1ccc2ncoc2c1.